The predicted molar refractivity (Wildman–Crippen MR) is 230 cm³/mol. The van der Waals surface area contributed by atoms with Crippen LogP contribution in [0.25, 0.3) is 43.8 Å². The Morgan fingerprint density at radius 3 is 1.42 bits per heavy atom. The Bertz CT molecular complexity index is 1920. The van der Waals surface area contributed by atoms with Gasteiger partial charge < -0.3 is 0 Å². The van der Waals surface area contributed by atoms with Crippen molar-refractivity contribution in [2.75, 3.05) is 0 Å². The van der Waals surface area contributed by atoms with E-state index < -0.39 is 20.8 Å². The molecule has 0 saturated heterocycles. The van der Waals surface area contributed by atoms with Gasteiger partial charge in [0.15, 0.2) is 0 Å². The number of halogens is 2. The number of aryl methyl sites for hydroxylation is 1. The monoisotopic (exact) mass is 820 g/mol. The first kappa shape index (κ1) is 41.0. The summed E-state index contributed by atoms with van der Waals surface area (Å²) < 4.78 is 0. The van der Waals surface area contributed by atoms with E-state index in [1.54, 1.807) is 0 Å². The average molecular weight is 823 g/mol. The summed E-state index contributed by atoms with van der Waals surface area (Å²) in [6, 6.07) is 41.4. The molecule has 2 fully saturated rings. The molecule has 4 heteroatoms. The quantitative estimate of drug-likeness (QED) is 0.120. The molecule has 270 valence electrons. The van der Waals surface area contributed by atoms with Crippen molar-refractivity contribution in [2.24, 2.45) is 0 Å². The van der Waals surface area contributed by atoms with Crippen LogP contribution in [0.2, 0.25) is 13.1 Å². The minimum atomic E-state index is -0.826. The zero-order valence-corrected chi connectivity index (χ0v) is 36.9. The summed E-state index contributed by atoms with van der Waals surface area (Å²) in [6.45, 7) is 11.0. The first-order chi connectivity index (χ1) is 25.4. The molecule has 0 aromatic heterocycles. The fourth-order valence-electron chi connectivity index (χ4n) is 8.22. The molecule has 52 heavy (non-hydrogen) atoms. The fourth-order valence-corrected chi connectivity index (χ4v) is 8.22. The molecule has 0 spiro atoms. The van der Waals surface area contributed by atoms with Crippen molar-refractivity contribution in [3.8, 4) is 22.3 Å². The van der Waals surface area contributed by atoms with Crippen molar-refractivity contribution in [2.45, 2.75) is 116 Å². The van der Waals surface area contributed by atoms with Crippen molar-refractivity contribution < 1.29 is 20.8 Å². The Kier molecular flexibility index (Phi) is 16.6. The van der Waals surface area contributed by atoms with Crippen molar-refractivity contribution in [1.29, 1.82) is 0 Å². The van der Waals surface area contributed by atoms with Crippen molar-refractivity contribution >= 4 is 48.1 Å². The van der Waals surface area contributed by atoms with Gasteiger partial charge in [-0.3, -0.25) is 0 Å². The average Bonchev–Trinajstić information content (AvgIpc) is 3.80. The zero-order valence-electron chi connectivity index (χ0n) is 32.0. The van der Waals surface area contributed by atoms with Crippen LogP contribution >= 0.6 is 17.0 Å². The molecule has 8 rings (SSSR count). The summed E-state index contributed by atoms with van der Waals surface area (Å²) in [4.78, 5) is 0. The van der Waals surface area contributed by atoms with Crippen LogP contribution in [-0.4, -0.2) is 9.52 Å². The van der Waals surface area contributed by atoms with Crippen LogP contribution in [0, 0.1) is 6.92 Å². The van der Waals surface area contributed by atoms with Gasteiger partial charge in [-0.15, -0.1) is 69.1 Å². The fraction of sp³-hybridized carbons (Fsp3) is 0.375. The Hall–Kier alpha value is -2.22. The Labute approximate surface area is 335 Å². The van der Waals surface area contributed by atoms with Gasteiger partial charge >= 0.3 is 37.9 Å². The molecule has 2 aliphatic rings. The van der Waals surface area contributed by atoms with Gasteiger partial charge in [0.2, 0.25) is 0 Å². The normalized spacial score (nSPS) is 14.8. The van der Waals surface area contributed by atoms with Gasteiger partial charge in [0.05, 0.1) is 0 Å². The van der Waals surface area contributed by atoms with Crippen molar-refractivity contribution in [1.82, 2.24) is 0 Å². The number of benzene rings is 4. The van der Waals surface area contributed by atoms with E-state index >= 15 is 0 Å². The third-order valence-electron chi connectivity index (χ3n) is 10.9. The molecule has 0 nitrogen and oxygen atoms in total. The van der Waals surface area contributed by atoms with Crippen molar-refractivity contribution in [3.05, 3.63) is 131 Å². The summed E-state index contributed by atoms with van der Waals surface area (Å²) >= 11 is -0.826. The van der Waals surface area contributed by atoms with Gasteiger partial charge in [-0.1, -0.05) is 144 Å². The van der Waals surface area contributed by atoms with Gasteiger partial charge in [-0.05, 0) is 65.7 Å². The summed E-state index contributed by atoms with van der Waals surface area (Å²) in [5.74, 6) is 2.16. The first-order valence-electron chi connectivity index (χ1n) is 19.5. The molecular weight excluding hydrogens is 767 g/mol. The van der Waals surface area contributed by atoms with E-state index in [9.17, 15) is 0 Å². The number of rotatable bonds is 5. The molecule has 0 bridgehead atoms. The van der Waals surface area contributed by atoms with Crippen LogP contribution in [0.3, 0.4) is 0 Å². The first-order valence-corrected chi connectivity index (χ1v) is 27.8. The molecule has 6 aromatic carbocycles. The Morgan fingerprint density at radius 2 is 1.00 bits per heavy atom. The molecule has 2 saturated carbocycles. The van der Waals surface area contributed by atoms with Crippen LogP contribution in [0.5, 0.6) is 0 Å². The summed E-state index contributed by atoms with van der Waals surface area (Å²) in [7, 11) is 11.0. The molecule has 0 aliphatic heterocycles. The van der Waals surface area contributed by atoms with Crippen LogP contribution in [0.15, 0.2) is 109 Å². The minimum absolute atomic E-state index is 0.582. The van der Waals surface area contributed by atoms with Gasteiger partial charge in [0, 0.05) is 9.52 Å². The molecular formula is C48H56Cl2SiZr. The standard InChI is InChI=1S/C24H27.C22H23.C2H6Si.2ClH.Zr/c1-17(2)22-15-21-9-6-10-23(24(21)16-22)20-13-11-19(12-14-20)18-7-4-3-5-8-18;1-16-14-20-8-5-9-21(22(20)15-16)19-12-10-18(11-13-19)17-6-3-2-4-7-17;1-3-2;;;/h6,9-18H,3-5,7-8H2,1-2H3;5,8-15,17H,2-4,6-7H2,1H3;1-2H3;2*1H;/q2*-1;;;;+4/p-2. The molecule has 0 N–H and O–H groups in total. The summed E-state index contributed by atoms with van der Waals surface area (Å²) in [6.07, 6.45) is 13.9. The third-order valence-corrected chi connectivity index (χ3v) is 10.9. The van der Waals surface area contributed by atoms with E-state index in [1.807, 2.05) is 0 Å². The second-order valence-corrected chi connectivity index (χ2v) is 19.8. The van der Waals surface area contributed by atoms with E-state index in [1.165, 1.54) is 130 Å². The second kappa shape index (κ2) is 21.0. The third kappa shape index (κ3) is 10.9. The molecule has 2 aliphatic carbocycles. The molecule has 6 aromatic rings. The van der Waals surface area contributed by atoms with E-state index in [-0.39, 0.29) is 0 Å². The van der Waals surface area contributed by atoms with Gasteiger partial charge in [-0.2, -0.15) is 12.1 Å². The number of hydrogen-bond acceptors (Lipinski definition) is 0. The number of fused-ring (bicyclic) bond motifs is 2. The van der Waals surface area contributed by atoms with Gasteiger partial charge in [0.1, 0.15) is 0 Å². The van der Waals surface area contributed by atoms with E-state index in [4.69, 9.17) is 17.0 Å². The number of hydrogen-bond donors (Lipinski definition) is 0. The Morgan fingerprint density at radius 1 is 0.596 bits per heavy atom. The van der Waals surface area contributed by atoms with Crippen LogP contribution in [-0.2, 0) is 20.8 Å². The van der Waals surface area contributed by atoms with Crippen molar-refractivity contribution in [3.63, 3.8) is 0 Å². The maximum atomic E-state index is 4.93. The molecule has 0 heterocycles. The van der Waals surface area contributed by atoms with Crippen LogP contribution in [0.4, 0.5) is 0 Å². The SMILES string of the molecule is CC(C)c1cc2c(-c3ccc(C4CCCCC4)cc3)cccc2[cH-]1.C[Si]C.Cc1cc2c(-c3ccc(C4CCCCC4)cc3)cccc2[cH-]1.[Cl][Zr+2][Cl]. The van der Waals surface area contributed by atoms with Gasteiger partial charge in [0.25, 0.3) is 0 Å². The van der Waals surface area contributed by atoms with E-state index in [0.717, 1.165) is 21.4 Å². The molecule has 2 radical (unpaired) electrons. The van der Waals surface area contributed by atoms with Crippen LogP contribution in [0.1, 0.15) is 118 Å². The summed E-state index contributed by atoms with van der Waals surface area (Å²) in [5.41, 5.74) is 11.3. The molecule has 0 atom stereocenters. The summed E-state index contributed by atoms with van der Waals surface area (Å²) in [5, 5.41) is 5.50. The maximum absolute atomic E-state index is 4.93. The topological polar surface area (TPSA) is 0 Å². The zero-order chi connectivity index (χ0) is 36.9. The Balaban J connectivity index is 0.000000175. The van der Waals surface area contributed by atoms with Gasteiger partial charge in [-0.25, -0.2) is 0 Å². The molecule has 0 unspecified atom stereocenters. The van der Waals surface area contributed by atoms with E-state index in [2.05, 4.69) is 143 Å². The molecule has 0 amide bonds. The van der Waals surface area contributed by atoms with E-state index in [0.29, 0.717) is 5.92 Å². The second-order valence-electron chi connectivity index (χ2n) is 15.1. The predicted octanol–water partition coefficient (Wildman–Crippen LogP) is 16.1. The van der Waals surface area contributed by atoms with Crippen LogP contribution < -0.4 is 0 Å².